The van der Waals surface area contributed by atoms with Crippen LogP contribution < -0.4 is 16.0 Å². The standard InChI is InChI=1S/C46H73N7O13S.3CO2/c1-50-21-22-51(2)30-36(53(32-43(61)62)26-25-52(24-23-50)31-42(59)60)27-33-11-13-34(14-12-33)28-38(67)9-6-4-3-5-7-19-47-44(63)35(15-18-41(57)58)29-37(54)16-17-39(45(64)65)49-46(66)48-20-8-10-40(55)56;3*2-1-3/h11-14,35-36,39H,3-10,15-32H2,1-2H3,(H,47,63)(H,55,56)(H,57,58)(H,59,60)(H,61,62)(H,64,65)(H2,48,49,66);;;/t35-,36?,39+;;;/m1.../s1. The summed E-state index contributed by atoms with van der Waals surface area (Å²) in [5, 5.41) is 54.1. The average Bonchev–Trinajstić information content (AvgIpc) is 3.33. The minimum absolute atomic E-state index is 0.0134. The number of likely N-dealkylation sites (N-methyl/N-ethyl adjacent to an activating group) is 2. The number of urea groups is 1. The van der Waals surface area contributed by atoms with Crippen LogP contribution in [-0.2, 0) is 75.2 Å². The van der Waals surface area contributed by atoms with Crippen molar-refractivity contribution in [2.45, 2.75) is 108 Å². The van der Waals surface area contributed by atoms with E-state index in [4.69, 9.17) is 46.1 Å². The number of unbranched alkanes of at least 4 members (excludes halogenated alkanes) is 4. The second kappa shape index (κ2) is 44.4. The lowest BCUT2D eigenvalue weighted by molar-refractivity contribution is -0.193. The zero-order valence-electron chi connectivity index (χ0n) is 43.1. The van der Waals surface area contributed by atoms with Crippen molar-refractivity contribution in [3.63, 3.8) is 0 Å². The van der Waals surface area contributed by atoms with Crippen LogP contribution in [0.5, 0.6) is 0 Å². The molecule has 76 heavy (non-hydrogen) atoms. The maximum Gasteiger partial charge on any atom is 0.373 e. The summed E-state index contributed by atoms with van der Waals surface area (Å²) in [7, 11) is 4.07. The van der Waals surface area contributed by atoms with E-state index in [0.29, 0.717) is 52.0 Å². The van der Waals surface area contributed by atoms with Crippen molar-refractivity contribution < 1.29 is 92.7 Å². The predicted molar refractivity (Wildman–Crippen MR) is 268 cm³/mol. The van der Waals surface area contributed by atoms with Gasteiger partial charge in [-0.05, 0) is 75.0 Å². The average molecular weight is 1100 g/mol. The van der Waals surface area contributed by atoms with Crippen LogP contribution in [0.25, 0.3) is 0 Å². The molecular formula is C49H73N7O19S. The van der Waals surface area contributed by atoms with Gasteiger partial charge in [0.05, 0.1) is 13.1 Å². The number of benzene rings is 1. The van der Waals surface area contributed by atoms with Gasteiger partial charge < -0.3 is 51.3 Å². The van der Waals surface area contributed by atoms with Crippen molar-refractivity contribution in [2.24, 2.45) is 5.92 Å². The molecule has 8 N–H and O–H groups in total. The zero-order chi connectivity index (χ0) is 57.8. The number of ketones is 1. The van der Waals surface area contributed by atoms with Gasteiger partial charge in [0.1, 0.15) is 11.8 Å². The Morgan fingerprint density at radius 1 is 0.605 bits per heavy atom. The molecule has 1 aromatic carbocycles. The summed E-state index contributed by atoms with van der Waals surface area (Å²) in [6.07, 6.45) is 5.87. The molecule has 0 aromatic heterocycles. The van der Waals surface area contributed by atoms with Crippen molar-refractivity contribution in [2.75, 3.05) is 86.1 Å². The van der Waals surface area contributed by atoms with Gasteiger partial charge in [0.25, 0.3) is 0 Å². The molecule has 1 heterocycles. The summed E-state index contributed by atoms with van der Waals surface area (Å²) >= 11 is 5.73. The van der Waals surface area contributed by atoms with E-state index in [1.54, 1.807) is 0 Å². The van der Waals surface area contributed by atoms with E-state index < -0.39 is 59.5 Å². The molecule has 3 amide bonds. The van der Waals surface area contributed by atoms with Crippen molar-refractivity contribution in [3.05, 3.63) is 35.4 Å². The summed E-state index contributed by atoms with van der Waals surface area (Å²) in [6.45, 7) is 4.54. The molecular weight excluding hydrogens is 1020 g/mol. The van der Waals surface area contributed by atoms with E-state index in [1.807, 2.05) is 23.9 Å². The predicted octanol–water partition coefficient (Wildman–Crippen LogP) is 0.704. The van der Waals surface area contributed by atoms with Gasteiger partial charge in [-0.25, -0.2) is 9.59 Å². The molecule has 1 aliphatic heterocycles. The molecule has 1 fully saturated rings. The molecule has 26 nitrogen and oxygen atoms in total. The van der Waals surface area contributed by atoms with E-state index in [2.05, 4.69) is 50.0 Å². The van der Waals surface area contributed by atoms with Crippen LogP contribution in [0.4, 0.5) is 4.79 Å². The SMILES string of the molecule is CN1CCN(C)CC(Cc2ccc(CC(=S)CCCCCCCNC(=O)[C@H](CCC(=O)O)CC(=O)CC[C@H](NC(=O)NCCCC(=O)O)C(=O)O)cc2)N(CC(=O)O)CCN(CC(=O)O)CC1.O=C=O.O=C=O.O=C=O. The number of aliphatic carboxylic acids is 5. The Morgan fingerprint density at radius 2 is 1.13 bits per heavy atom. The number of carbonyl (C=O) groups is 8. The Balaban J connectivity index is 0. The number of thiocarbonyl (C=S) groups is 1. The number of hydrogen-bond acceptors (Lipinski definition) is 19. The van der Waals surface area contributed by atoms with Gasteiger partial charge in [0.15, 0.2) is 0 Å². The van der Waals surface area contributed by atoms with Crippen molar-refractivity contribution in [3.8, 4) is 0 Å². The lowest BCUT2D eigenvalue weighted by Crippen LogP contribution is -2.51. The minimum atomic E-state index is -1.41. The highest BCUT2D eigenvalue weighted by Gasteiger charge is 2.27. The van der Waals surface area contributed by atoms with E-state index in [-0.39, 0.29) is 89.1 Å². The third kappa shape index (κ3) is 39.5. The van der Waals surface area contributed by atoms with Crippen molar-refractivity contribution in [1.29, 1.82) is 0 Å². The number of Topliss-reactive ketones (excluding diaryl/α,β-unsaturated/α-hetero) is 1. The highest BCUT2D eigenvalue weighted by Crippen LogP contribution is 2.18. The van der Waals surface area contributed by atoms with Crippen LogP contribution in [0.3, 0.4) is 0 Å². The van der Waals surface area contributed by atoms with Crippen molar-refractivity contribution in [1.82, 2.24) is 35.6 Å². The summed E-state index contributed by atoms with van der Waals surface area (Å²) in [6, 6.07) is 5.93. The Morgan fingerprint density at radius 3 is 1.71 bits per heavy atom. The van der Waals surface area contributed by atoms with Crippen molar-refractivity contribution >= 4 is 83.1 Å². The van der Waals surface area contributed by atoms with Gasteiger partial charge in [-0.1, -0.05) is 55.7 Å². The number of nitrogens with zero attached hydrogens (tertiary/aromatic N) is 4. The minimum Gasteiger partial charge on any atom is -0.481 e. The number of nitrogens with one attached hydrogen (secondary N) is 3. The van der Waals surface area contributed by atoms with Gasteiger partial charge in [0.2, 0.25) is 5.91 Å². The molecule has 0 bridgehead atoms. The second-order valence-corrected chi connectivity index (χ2v) is 18.3. The fourth-order valence-electron chi connectivity index (χ4n) is 7.75. The first-order valence-corrected chi connectivity index (χ1v) is 24.8. The molecule has 0 spiro atoms. The van der Waals surface area contributed by atoms with E-state index >= 15 is 0 Å². The first-order valence-electron chi connectivity index (χ1n) is 24.4. The van der Waals surface area contributed by atoms with Gasteiger partial charge in [-0.3, -0.25) is 38.6 Å². The van der Waals surface area contributed by atoms with Crippen LogP contribution >= 0.6 is 12.2 Å². The molecule has 1 aliphatic rings. The zero-order valence-corrected chi connectivity index (χ0v) is 43.9. The number of carbonyl (C=O) groups excluding carboxylic acids is 9. The molecule has 1 aromatic rings. The molecule has 0 radical (unpaired) electrons. The monoisotopic (exact) mass is 1100 g/mol. The number of carboxylic acid groups (broad SMARTS) is 5. The molecule has 0 saturated carbocycles. The Labute approximate surface area is 445 Å². The normalized spacial score (nSPS) is 15.0. The third-order valence-electron chi connectivity index (χ3n) is 11.6. The first kappa shape index (κ1) is 71.1. The third-order valence-corrected chi connectivity index (χ3v) is 12.0. The van der Waals surface area contributed by atoms with Crippen LogP contribution in [0.1, 0.15) is 94.6 Å². The molecule has 0 aliphatic carbocycles. The molecule has 27 heteroatoms. The lowest BCUT2D eigenvalue weighted by Gasteiger charge is -2.36. The summed E-state index contributed by atoms with van der Waals surface area (Å²) in [5.74, 6) is -7.19. The summed E-state index contributed by atoms with van der Waals surface area (Å²) in [4.78, 5) is 153. The number of hydrogen-bond donors (Lipinski definition) is 8. The highest BCUT2D eigenvalue weighted by atomic mass is 32.1. The Bertz CT molecular complexity index is 2030. The number of amides is 3. The quantitative estimate of drug-likeness (QED) is 0.0375. The molecule has 1 unspecified atom stereocenters. The number of carboxylic acids is 5. The van der Waals surface area contributed by atoms with Crippen LogP contribution in [0.2, 0.25) is 0 Å². The smallest absolute Gasteiger partial charge is 0.373 e. The lowest BCUT2D eigenvalue weighted by atomic mass is 9.93. The van der Waals surface area contributed by atoms with Crippen LogP contribution in [0, 0.1) is 5.92 Å². The first-order chi connectivity index (χ1) is 36.0. The maximum absolute atomic E-state index is 13.0. The highest BCUT2D eigenvalue weighted by molar-refractivity contribution is 7.80. The fraction of sp³-hybridized carbons (Fsp3) is 0.633. The Hall–Kier alpha value is -6.95. The second-order valence-electron chi connectivity index (χ2n) is 17.7. The fourth-order valence-corrected chi connectivity index (χ4v) is 8.06. The van der Waals surface area contributed by atoms with Gasteiger partial charge >= 0.3 is 54.3 Å². The van der Waals surface area contributed by atoms with E-state index in [9.17, 15) is 58.8 Å². The largest absolute Gasteiger partial charge is 0.481 e. The molecule has 424 valence electrons. The molecule has 2 rings (SSSR count). The van der Waals surface area contributed by atoms with E-state index in [0.717, 1.165) is 67.7 Å². The number of rotatable bonds is 31. The molecule has 3 atom stereocenters. The van der Waals surface area contributed by atoms with Gasteiger partial charge in [-0.2, -0.15) is 28.8 Å². The van der Waals surface area contributed by atoms with E-state index in [1.165, 1.54) is 0 Å². The molecule has 1 saturated heterocycles. The summed E-state index contributed by atoms with van der Waals surface area (Å²) in [5.41, 5.74) is 2.16. The Kier molecular flexibility index (Phi) is 41.5. The topological polar surface area (TPSA) is 389 Å². The van der Waals surface area contributed by atoms with Crippen LogP contribution in [-0.4, -0.2) is 214 Å². The maximum atomic E-state index is 13.0. The van der Waals surface area contributed by atoms with Gasteiger partial charge in [-0.15, -0.1) is 0 Å². The van der Waals surface area contributed by atoms with Crippen LogP contribution in [0.15, 0.2) is 24.3 Å². The summed E-state index contributed by atoms with van der Waals surface area (Å²) < 4.78 is 0. The van der Waals surface area contributed by atoms with Gasteiger partial charge in [0, 0.05) is 103 Å².